The van der Waals surface area contributed by atoms with Gasteiger partial charge in [0.2, 0.25) is 11.8 Å². The average molecular weight is 262 g/mol. The maximum Gasteiger partial charge on any atom is 0.307 e. The molecular weight excluding hydrogens is 238 g/mol. The summed E-state index contributed by atoms with van der Waals surface area (Å²) in [5.41, 5.74) is -2.24. The lowest BCUT2D eigenvalue weighted by atomic mass is 9.88. The van der Waals surface area contributed by atoms with Gasteiger partial charge in [-0.15, -0.1) is 0 Å². The van der Waals surface area contributed by atoms with Gasteiger partial charge in [0.1, 0.15) is 0 Å². The van der Waals surface area contributed by atoms with Crippen molar-refractivity contribution < 1.29 is 29.4 Å². The monoisotopic (exact) mass is 262 g/mol. The molecule has 0 bridgehead atoms. The largest absolute Gasteiger partial charge is 0.481 e. The Labute approximate surface area is 107 Å². The Morgan fingerprint density at radius 3 is 2.11 bits per heavy atom. The quantitative estimate of drug-likeness (QED) is 0.422. The van der Waals surface area contributed by atoms with Crippen LogP contribution in [0.25, 0.3) is 0 Å². The number of carboxylic acid groups (broad SMARTS) is 1. The molecule has 2 atom stereocenters. The lowest BCUT2D eigenvalue weighted by Crippen LogP contribution is -2.63. The molecule has 0 heterocycles. The Hall–Kier alpha value is -0.980. The van der Waals surface area contributed by atoms with E-state index in [0.717, 1.165) is 6.42 Å². The molecule has 0 rings (SSSR count). The highest BCUT2D eigenvalue weighted by Crippen LogP contribution is 2.24. The summed E-state index contributed by atoms with van der Waals surface area (Å²) in [6, 6.07) is 0. The number of carbonyl (C=O) groups excluding carboxylic acids is 1. The number of hydrogen-bond donors (Lipinski definition) is 3. The number of hydrogen-bond acceptors (Lipinski definition) is 4. The van der Waals surface area contributed by atoms with E-state index in [-0.39, 0.29) is 10.9 Å². The molecule has 0 spiro atoms. The van der Waals surface area contributed by atoms with Gasteiger partial charge in [0, 0.05) is 6.42 Å². The number of aliphatic hydroxyl groups is 2. The van der Waals surface area contributed by atoms with Crippen molar-refractivity contribution in [1.82, 2.24) is 0 Å². The van der Waals surface area contributed by atoms with Crippen molar-refractivity contribution in [2.24, 2.45) is 0 Å². The highest BCUT2D eigenvalue weighted by molar-refractivity contribution is 5.91. The Morgan fingerprint density at radius 2 is 1.78 bits per heavy atom. The summed E-state index contributed by atoms with van der Waals surface area (Å²) in [6.45, 7) is 1.89. The van der Waals surface area contributed by atoms with Gasteiger partial charge < -0.3 is 19.8 Å². The van der Waals surface area contributed by atoms with E-state index in [1.54, 1.807) is 21.1 Å². The van der Waals surface area contributed by atoms with E-state index in [0.29, 0.717) is 6.42 Å². The molecule has 106 valence electrons. The fourth-order valence-corrected chi connectivity index (χ4v) is 1.76. The van der Waals surface area contributed by atoms with E-state index >= 15 is 0 Å². The van der Waals surface area contributed by atoms with Crippen LogP contribution in [-0.2, 0) is 9.59 Å². The van der Waals surface area contributed by atoms with Gasteiger partial charge in [-0.1, -0.05) is 13.3 Å². The van der Waals surface area contributed by atoms with E-state index in [2.05, 4.69) is 0 Å². The van der Waals surface area contributed by atoms with E-state index in [1.165, 1.54) is 0 Å². The second kappa shape index (κ2) is 6.26. The van der Waals surface area contributed by atoms with E-state index in [1.807, 2.05) is 6.92 Å². The van der Waals surface area contributed by atoms with Crippen LogP contribution in [0.5, 0.6) is 0 Å². The lowest BCUT2D eigenvalue weighted by Gasteiger charge is -2.39. The molecule has 18 heavy (non-hydrogen) atoms. The summed E-state index contributed by atoms with van der Waals surface area (Å²) in [7, 11) is 4.76. The normalized spacial score (nSPS) is 17.0. The smallest absolute Gasteiger partial charge is 0.307 e. The number of quaternary nitrogens is 1. The molecular formula is C12H24NO5+. The minimum Gasteiger partial charge on any atom is -0.481 e. The lowest BCUT2D eigenvalue weighted by molar-refractivity contribution is -0.925. The summed E-state index contributed by atoms with van der Waals surface area (Å²) in [6.07, 6.45) is -0.873. The van der Waals surface area contributed by atoms with Crippen LogP contribution in [-0.4, -0.2) is 64.5 Å². The fraction of sp³-hybridized carbons (Fsp3) is 0.833. The van der Waals surface area contributed by atoms with Crippen LogP contribution in [0.3, 0.4) is 0 Å². The second-order valence-electron chi connectivity index (χ2n) is 5.51. The van der Waals surface area contributed by atoms with Crippen molar-refractivity contribution >= 4 is 11.8 Å². The molecule has 0 fully saturated rings. The number of aliphatic carboxylic acids is 1. The predicted octanol–water partition coefficient (Wildman–Crippen LogP) is -0.0239. The first-order valence-corrected chi connectivity index (χ1v) is 6.02. The molecule has 1 unspecified atom stereocenters. The zero-order valence-corrected chi connectivity index (χ0v) is 11.5. The Balaban J connectivity index is 5.17. The van der Waals surface area contributed by atoms with Gasteiger partial charge in [-0.2, -0.15) is 0 Å². The summed E-state index contributed by atoms with van der Waals surface area (Å²) < 4.78 is -0.109. The van der Waals surface area contributed by atoms with Crippen molar-refractivity contribution in [1.29, 1.82) is 0 Å². The maximum absolute atomic E-state index is 12.0. The Bertz CT molecular complexity index is 310. The SMILES string of the molecule is CCCCC(=O)[C@@](O)(CC(=O)O)C(O)[N+](C)(C)C. The zero-order valence-electron chi connectivity index (χ0n) is 11.5. The van der Waals surface area contributed by atoms with Crippen LogP contribution in [0.15, 0.2) is 0 Å². The van der Waals surface area contributed by atoms with Crippen molar-refractivity contribution in [2.45, 2.75) is 44.4 Å². The van der Waals surface area contributed by atoms with Gasteiger partial charge in [-0.05, 0) is 6.42 Å². The van der Waals surface area contributed by atoms with Gasteiger partial charge in [0.15, 0.2) is 5.78 Å². The molecule has 6 nitrogen and oxygen atoms in total. The highest BCUT2D eigenvalue weighted by Gasteiger charge is 2.51. The number of carbonyl (C=O) groups is 2. The van der Waals surface area contributed by atoms with Gasteiger partial charge in [-0.25, -0.2) is 0 Å². The summed E-state index contributed by atoms with van der Waals surface area (Å²) in [5, 5.41) is 29.2. The van der Waals surface area contributed by atoms with E-state index in [4.69, 9.17) is 5.11 Å². The molecule has 0 amide bonds. The molecule has 6 heteroatoms. The first kappa shape index (κ1) is 17.0. The van der Waals surface area contributed by atoms with Crippen molar-refractivity contribution in [3.05, 3.63) is 0 Å². The van der Waals surface area contributed by atoms with Crippen LogP contribution in [0.2, 0.25) is 0 Å². The Morgan fingerprint density at radius 1 is 1.28 bits per heavy atom. The first-order valence-electron chi connectivity index (χ1n) is 6.02. The number of Topliss-reactive ketones (excluding diaryl/α,β-unsaturated/α-hetero) is 1. The summed E-state index contributed by atoms with van der Waals surface area (Å²) in [5.74, 6) is -1.93. The average Bonchev–Trinajstić information content (AvgIpc) is 2.22. The van der Waals surface area contributed by atoms with E-state index < -0.39 is 30.0 Å². The summed E-state index contributed by atoms with van der Waals surface area (Å²) in [4.78, 5) is 22.8. The molecule has 0 aliphatic rings. The number of rotatable bonds is 8. The third kappa shape index (κ3) is 4.36. The van der Waals surface area contributed by atoms with Gasteiger partial charge >= 0.3 is 5.97 Å². The predicted molar refractivity (Wildman–Crippen MR) is 65.8 cm³/mol. The van der Waals surface area contributed by atoms with Crippen LogP contribution in [0.4, 0.5) is 0 Å². The number of likely N-dealkylation sites (N-methyl/N-ethyl adjacent to an activating group) is 1. The Kier molecular flexibility index (Phi) is 5.92. The first-order chi connectivity index (χ1) is 8.05. The molecule has 0 aromatic carbocycles. The van der Waals surface area contributed by atoms with Crippen LogP contribution >= 0.6 is 0 Å². The fourth-order valence-electron chi connectivity index (χ4n) is 1.76. The number of ketones is 1. The second-order valence-corrected chi connectivity index (χ2v) is 5.51. The molecule has 0 aromatic rings. The summed E-state index contributed by atoms with van der Waals surface area (Å²) >= 11 is 0. The van der Waals surface area contributed by atoms with Gasteiger partial charge in [0.25, 0.3) is 0 Å². The van der Waals surface area contributed by atoms with Crippen LogP contribution in [0.1, 0.15) is 32.6 Å². The third-order valence-corrected chi connectivity index (χ3v) is 2.82. The maximum atomic E-state index is 12.0. The number of carboxylic acids is 1. The van der Waals surface area contributed by atoms with Crippen LogP contribution < -0.4 is 0 Å². The zero-order chi connectivity index (χ0) is 14.6. The van der Waals surface area contributed by atoms with Crippen molar-refractivity contribution in [3.8, 4) is 0 Å². The molecule has 0 saturated heterocycles. The molecule has 0 aliphatic heterocycles. The van der Waals surface area contributed by atoms with E-state index in [9.17, 15) is 19.8 Å². The highest BCUT2D eigenvalue weighted by atomic mass is 16.4. The standard InChI is InChI=1S/C12H23NO5/c1-5-6-7-9(14)12(18,8-10(15)16)11(17)13(2,3)4/h11,17-18H,5-8H2,1-4H3/p+1/t11?,12-/m0/s1. The molecule has 3 N–H and O–H groups in total. The molecule has 0 saturated carbocycles. The minimum atomic E-state index is -2.24. The van der Waals surface area contributed by atoms with Gasteiger partial charge in [0.05, 0.1) is 27.6 Å². The van der Waals surface area contributed by atoms with Gasteiger partial charge in [-0.3, -0.25) is 9.59 Å². The van der Waals surface area contributed by atoms with Crippen molar-refractivity contribution in [3.63, 3.8) is 0 Å². The molecule has 0 aromatic heterocycles. The third-order valence-electron chi connectivity index (χ3n) is 2.82. The molecule has 0 radical (unpaired) electrons. The minimum absolute atomic E-state index is 0.0668. The van der Waals surface area contributed by atoms with Crippen molar-refractivity contribution in [2.75, 3.05) is 21.1 Å². The van der Waals surface area contributed by atoms with Crippen LogP contribution in [0, 0.1) is 0 Å². The topological polar surface area (TPSA) is 94.8 Å². The number of aliphatic hydroxyl groups excluding tert-OH is 1. The number of unbranched alkanes of at least 4 members (excludes halogenated alkanes) is 1. The molecule has 0 aliphatic carbocycles. The number of nitrogens with zero attached hydrogens (tertiary/aromatic N) is 1.